The number of benzene rings is 1. The molecule has 0 aliphatic rings. The third kappa shape index (κ3) is 1.72. The van der Waals surface area contributed by atoms with Gasteiger partial charge in [-0.3, -0.25) is 0 Å². The highest BCUT2D eigenvalue weighted by molar-refractivity contribution is 5.45. The van der Waals surface area contributed by atoms with Gasteiger partial charge in [0, 0.05) is 11.3 Å². The lowest BCUT2D eigenvalue weighted by atomic mass is 10.2. The lowest BCUT2D eigenvalue weighted by molar-refractivity contribution is 0.282. The van der Waals surface area contributed by atoms with Crippen LogP contribution in [0.4, 0.5) is 5.69 Å². The fourth-order valence-corrected chi connectivity index (χ4v) is 0.678. The van der Waals surface area contributed by atoms with Crippen LogP contribution < -0.4 is 5.73 Å². The highest BCUT2D eigenvalue weighted by Crippen LogP contribution is 2.08. The van der Waals surface area contributed by atoms with Gasteiger partial charge >= 0.3 is 0 Å². The van der Waals surface area contributed by atoms with Gasteiger partial charge in [-0.1, -0.05) is 18.2 Å². The van der Waals surface area contributed by atoms with Crippen LogP contribution in [-0.4, -0.2) is 10.6 Å². The monoisotopic (exact) mass is 141 g/mol. The number of hydrogen-bond donors (Lipinski definition) is 2. The summed E-state index contributed by atoms with van der Waals surface area (Å²) in [7, 11) is 0. The Kier molecular flexibility index (Phi) is 3.46. The van der Waals surface area contributed by atoms with Crippen molar-refractivity contribution in [2.45, 2.75) is 6.61 Å². The summed E-state index contributed by atoms with van der Waals surface area (Å²) in [6.45, 7) is 0.0205. The first kappa shape index (κ1) is 8.94. The van der Waals surface area contributed by atoms with Gasteiger partial charge in [-0.2, -0.15) is 0 Å². The minimum atomic E-state index is 0. The molecule has 0 saturated carbocycles. The molecule has 0 heterocycles. The Bertz CT molecular complexity index is 201. The van der Waals surface area contributed by atoms with Crippen LogP contribution in [0, 0.1) is 0 Å². The average molecular weight is 141 g/mol. The zero-order valence-corrected chi connectivity index (χ0v) is 5.54. The summed E-state index contributed by atoms with van der Waals surface area (Å²) in [6, 6.07) is 7.26. The quantitative estimate of drug-likeness (QED) is 0.537. The van der Waals surface area contributed by atoms with Crippen LogP contribution in [-0.2, 0) is 6.61 Å². The SMILES string of the molecule is Nc1ccccc1CO.O. The second-order valence-electron chi connectivity index (χ2n) is 1.86. The highest BCUT2D eigenvalue weighted by atomic mass is 16.3. The largest absolute Gasteiger partial charge is 0.412 e. The lowest BCUT2D eigenvalue weighted by Gasteiger charge is -1.97. The molecule has 0 amide bonds. The molecule has 1 rings (SSSR count). The number of hydrogen-bond acceptors (Lipinski definition) is 2. The summed E-state index contributed by atoms with van der Waals surface area (Å²) < 4.78 is 0. The molecule has 3 nitrogen and oxygen atoms in total. The molecule has 0 unspecified atom stereocenters. The lowest BCUT2D eigenvalue weighted by Crippen LogP contribution is -1.91. The summed E-state index contributed by atoms with van der Waals surface area (Å²) in [5.74, 6) is 0. The first-order valence-electron chi connectivity index (χ1n) is 2.79. The molecule has 0 aromatic heterocycles. The first-order valence-corrected chi connectivity index (χ1v) is 2.79. The Morgan fingerprint density at radius 3 is 2.30 bits per heavy atom. The average Bonchev–Trinajstić information content (AvgIpc) is 1.89. The standard InChI is InChI=1S/C7H9NO.H2O/c8-7-4-2-1-3-6(7)5-9;/h1-4,9H,5,8H2;1H2. The Morgan fingerprint density at radius 1 is 1.30 bits per heavy atom. The van der Waals surface area contributed by atoms with Crippen molar-refractivity contribution in [3.63, 3.8) is 0 Å². The molecule has 0 aliphatic carbocycles. The smallest absolute Gasteiger partial charge is 0.0701 e. The van der Waals surface area contributed by atoms with Gasteiger partial charge in [0.05, 0.1) is 6.61 Å². The maximum atomic E-state index is 8.64. The fraction of sp³-hybridized carbons (Fsp3) is 0.143. The molecule has 0 atom stereocenters. The van der Waals surface area contributed by atoms with Crippen molar-refractivity contribution >= 4 is 5.69 Å². The minimum Gasteiger partial charge on any atom is -0.412 e. The van der Waals surface area contributed by atoms with Crippen molar-refractivity contribution in [1.29, 1.82) is 0 Å². The van der Waals surface area contributed by atoms with Gasteiger partial charge in [0.1, 0.15) is 0 Å². The normalized spacial score (nSPS) is 8.50. The highest BCUT2D eigenvalue weighted by Gasteiger charge is 1.91. The molecule has 3 heteroatoms. The van der Waals surface area contributed by atoms with Gasteiger partial charge in [-0.05, 0) is 6.07 Å². The van der Waals surface area contributed by atoms with E-state index >= 15 is 0 Å². The summed E-state index contributed by atoms with van der Waals surface area (Å²) in [6.07, 6.45) is 0. The topological polar surface area (TPSA) is 77.8 Å². The van der Waals surface area contributed by atoms with Crippen molar-refractivity contribution < 1.29 is 10.6 Å². The van der Waals surface area contributed by atoms with Gasteiger partial charge in [-0.25, -0.2) is 0 Å². The molecule has 1 aromatic rings. The molecule has 5 N–H and O–H groups in total. The van der Waals surface area contributed by atoms with E-state index in [0.717, 1.165) is 5.56 Å². The molecular weight excluding hydrogens is 130 g/mol. The van der Waals surface area contributed by atoms with Crippen molar-refractivity contribution in [3.8, 4) is 0 Å². The zero-order chi connectivity index (χ0) is 6.69. The second kappa shape index (κ2) is 3.87. The molecule has 0 bridgehead atoms. The van der Waals surface area contributed by atoms with Crippen molar-refractivity contribution in [2.75, 3.05) is 5.73 Å². The van der Waals surface area contributed by atoms with Crippen LogP contribution in [0.5, 0.6) is 0 Å². The maximum Gasteiger partial charge on any atom is 0.0701 e. The van der Waals surface area contributed by atoms with Gasteiger partial charge in [0.2, 0.25) is 0 Å². The molecular formula is C7H11NO2. The van der Waals surface area contributed by atoms with Gasteiger partial charge < -0.3 is 16.3 Å². The van der Waals surface area contributed by atoms with Crippen LogP contribution >= 0.6 is 0 Å². The molecule has 1 aromatic carbocycles. The Morgan fingerprint density at radius 2 is 1.90 bits per heavy atom. The minimum absolute atomic E-state index is 0. The number of nitrogens with two attached hydrogens (primary N) is 1. The van der Waals surface area contributed by atoms with E-state index in [1.807, 2.05) is 12.1 Å². The van der Waals surface area contributed by atoms with Crippen LogP contribution in [0.3, 0.4) is 0 Å². The summed E-state index contributed by atoms with van der Waals surface area (Å²) >= 11 is 0. The molecule has 0 saturated heterocycles. The van der Waals surface area contributed by atoms with Crippen LogP contribution in [0.2, 0.25) is 0 Å². The maximum absolute atomic E-state index is 8.64. The number of nitrogen functional groups attached to an aromatic ring is 1. The van der Waals surface area contributed by atoms with Crippen LogP contribution in [0.1, 0.15) is 5.56 Å². The zero-order valence-electron chi connectivity index (χ0n) is 5.54. The van der Waals surface area contributed by atoms with Crippen LogP contribution in [0.15, 0.2) is 24.3 Å². The van der Waals surface area contributed by atoms with Gasteiger partial charge in [0.15, 0.2) is 0 Å². The Hall–Kier alpha value is -1.06. The Balaban J connectivity index is 0.000000810. The fourth-order valence-electron chi connectivity index (χ4n) is 0.678. The van der Waals surface area contributed by atoms with E-state index in [9.17, 15) is 0 Å². The van der Waals surface area contributed by atoms with E-state index in [2.05, 4.69) is 0 Å². The predicted octanol–water partition coefficient (Wildman–Crippen LogP) is -0.0636. The third-order valence-electron chi connectivity index (χ3n) is 1.23. The van der Waals surface area contributed by atoms with E-state index in [1.54, 1.807) is 12.1 Å². The number of aliphatic hydroxyl groups excluding tert-OH is 1. The van der Waals surface area contributed by atoms with Crippen molar-refractivity contribution in [2.24, 2.45) is 0 Å². The van der Waals surface area contributed by atoms with E-state index in [4.69, 9.17) is 10.8 Å². The molecule has 0 aliphatic heterocycles. The molecule has 0 fully saturated rings. The molecule has 10 heavy (non-hydrogen) atoms. The van der Waals surface area contributed by atoms with Gasteiger partial charge in [0.25, 0.3) is 0 Å². The number of aliphatic hydroxyl groups is 1. The number of rotatable bonds is 1. The third-order valence-corrected chi connectivity index (χ3v) is 1.23. The summed E-state index contributed by atoms with van der Waals surface area (Å²) in [5.41, 5.74) is 6.91. The molecule has 0 radical (unpaired) electrons. The Labute approximate surface area is 59.4 Å². The summed E-state index contributed by atoms with van der Waals surface area (Å²) in [5, 5.41) is 8.64. The predicted molar refractivity (Wildman–Crippen MR) is 40.4 cm³/mol. The van der Waals surface area contributed by atoms with Crippen molar-refractivity contribution in [3.05, 3.63) is 29.8 Å². The first-order chi connectivity index (χ1) is 4.34. The van der Waals surface area contributed by atoms with E-state index < -0.39 is 0 Å². The van der Waals surface area contributed by atoms with E-state index in [0.29, 0.717) is 5.69 Å². The molecule has 0 spiro atoms. The van der Waals surface area contributed by atoms with E-state index in [1.165, 1.54) is 0 Å². The summed E-state index contributed by atoms with van der Waals surface area (Å²) in [4.78, 5) is 0. The number of anilines is 1. The number of para-hydroxylation sites is 1. The van der Waals surface area contributed by atoms with E-state index in [-0.39, 0.29) is 12.1 Å². The molecule has 56 valence electrons. The van der Waals surface area contributed by atoms with Gasteiger partial charge in [-0.15, -0.1) is 0 Å². The van der Waals surface area contributed by atoms with Crippen LogP contribution in [0.25, 0.3) is 0 Å². The van der Waals surface area contributed by atoms with Crippen molar-refractivity contribution in [1.82, 2.24) is 0 Å². The second-order valence-corrected chi connectivity index (χ2v) is 1.86.